The molecule has 0 bridgehead atoms. The number of aromatic nitrogens is 1. The maximum Gasteiger partial charge on any atom is 0.266 e. The van der Waals surface area contributed by atoms with Crippen molar-refractivity contribution in [3.05, 3.63) is 26.0 Å². The number of hydrogen-bond acceptors (Lipinski definition) is 1. The van der Waals surface area contributed by atoms with Crippen LogP contribution in [0.4, 0.5) is 8.78 Å². The monoisotopic (exact) mass is 303 g/mol. The molecule has 0 radical (unpaired) electrons. The molecule has 66 valence electrons. The highest BCUT2D eigenvalue weighted by Crippen LogP contribution is 2.28. The fourth-order valence-electron chi connectivity index (χ4n) is 0.739. The number of hydrogen-bond donors (Lipinski definition) is 0. The summed E-state index contributed by atoms with van der Waals surface area (Å²) in [5.41, 5.74) is 0.549. The highest BCUT2D eigenvalue weighted by molar-refractivity contribution is 14.1. The predicted molar refractivity (Wildman–Crippen MR) is 51.7 cm³/mol. The standard InChI is InChI=1S/C7H5ClF2IN/c1-3-5(11)4(7(9)10)2-12-6(3)8/h2,7H,1H3. The Morgan fingerprint density at radius 1 is 1.58 bits per heavy atom. The molecule has 0 aliphatic heterocycles. The molecular weight excluding hydrogens is 298 g/mol. The summed E-state index contributed by atoms with van der Waals surface area (Å²) in [5, 5.41) is 0.281. The van der Waals surface area contributed by atoms with Gasteiger partial charge in [-0.05, 0) is 29.5 Å². The highest BCUT2D eigenvalue weighted by atomic mass is 127. The second-order valence-corrected chi connectivity index (χ2v) is 3.68. The lowest BCUT2D eigenvalue weighted by Crippen LogP contribution is -1.95. The van der Waals surface area contributed by atoms with Gasteiger partial charge in [0, 0.05) is 20.9 Å². The Bertz CT molecular complexity index is 304. The van der Waals surface area contributed by atoms with Crippen LogP contribution in [0.1, 0.15) is 17.6 Å². The van der Waals surface area contributed by atoms with E-state index < -0.39 is 6.43 Å². The van der Waals surface area contributed by atoms with Gasteiger partial charge in [-0.3, -0.25) is 0 Å². The molecule has 1 heterocycles. The lowest BCUT2D eigenvalue weighted by molar-refractivity contribution is 0.150. The Kier molecular flexibility index (Phi) is 3.22. The molecule has 1 rings (SSSR count). The fourth-order valence-corrected chi connectivity index (χ4v) is 1.67. The largest absolute Gasteiger partial charge is 0.266 e. The van der Waals surface area contributed by atoms with E-state index in [1.54, 1.807) is 6.92 Å². The van der Waals surface area contributed by atoms with Crippen molar-refractivity contribution in [3.63, 3.8) is 0 Å². The maximum atomic E-state index is 12.3. The van der Waals surface area contributed by atoms with Crippen LogP contribution in [0.5, 0.6) is 0 Å². The van der Waals surface area contributed by atoms with Crippen molar-refractivity contribution >= 4 is 34.2 Å². The van der Waals surface area contributed by atoms with Gasteiger partial charge in [0.05, 0.1) is 0 Å². The minimum absolute atomic E-state index is 0.0579. The van der Waals surface area contributed by atoms with Crippen molar-refractivity contribution in [2.24, 2.45) is 0 Å². The van der Waals surface area contributed by atoms with Crippen LogP contribution in [0.3, 0.4) is 0 Å². The van der Waals surface area contributed by atoms with Crippen molar-refractivity contribution in [1.29, 1.82) is 0 Å². The van der Waals surface area contributed by atoms with Gasteiger partial charge in [0.25, 0.3) is 6.43 Å². The Balaban J connectivity index is 3.27. The first-order valence-electron chi connectivity index (χ1n) is 3.12. The first-order chi connectivity index (χ1) is 5.54. The summed E-state index contributed by atoms with van der Waals surface area (Å²) in [6.07, 6.45) is -1.37. The average Bonchev–Trinajstić information content (AvgIpc) is 2.00. The van der Waals surface area contributed by atoms with Crippen molar-refractivity contribution in [2.75, 3.05) is 0 Å². The number of halogens is 4. The lowest BCUT2D eigenvalue weighted by Gasteiger charge is -2.05. The number of nitrogens with zero attached hydrogens (tertiary/aromatic N) is 1. The van der Waals surface area contributed by atoms with Gasteiger partial charge in [-0.15, -0.1) is 0 Å². The zero-order valence-electron chi connectivity index (χ0n) is 6.11. The second-order valence-electron chi connectivity index (χ2n) is 2.24. The molecule has 0 saturated heterocycles. The first kappa shape index (κ1) is 10.1. The molecule has 0 fully saturated rings. The van der Waals surface area contributed by atoms with Crippen LogP contribution in [0, 0.1) is 10.5 Å². The van der Waals surface area contributed by atoms with Crippen LogP contribution in [0.15, 0.2) is 6.20 Å². The van der Waals surface area contributed by atoms with Gasteiger partial charge in [0.1, 0.15) is 5.15 Å². The zero-order valence-corrected chi connectivity index (χ0v) is 9.03. The van der Waals surface area contributed by atoms with Crippen molar-refractivity contribution in [2.45, 2.75) is 13.3 Å². The topological polar surface area (TPSA) is 12.9 Å². The SMILES string of the molecule is Cc1c(Cl)ncc(C(F)F)c1I. The predicted octanol–water partition coefficient (Wildman–Crippen LogP) is 3.59. The van der Waals surface area contributed by atoms with Crippen LogP contribution in [0.25, 0.3) is 0 Å². The maximum absolute atomic E-state index is 12.3. The van der Waals surface area contributed by atoms with E-state index in [0.29, 0.717) is 9.13 Å². The van der Waals surface area contributed by atoms with Gasteiger partial charge in [-0.1, -0.05) is 11.6 Å². The van der Waals surface area contributed by atoms with E-state index in [0.717, 1.165) is 6.20 Å². The molecule has 0 aliphatic carbocycles. The Morgan fingerprint density at radius 2 is 2.17 bits per heavy atom. The Hall–Kier alpha value is 0.0300. The van der Waals surface area contributed by atoms with Crippen LogP contribution in [-0.2, 0) is 0 Å². The molecule has 5 heteroatoms. The molecule has 1 aromatic rings. The van der Waals surface area contributed by atoms with Gasteiger partial charge in [-0.2, -0.15) is 0 Å². The molecule has 0 atom stereocenters. The van der Waals surface area contributed by atoms with E-state index in [1.165, 1.54) is 0 Å². The summed E-state index contributed by atoms with van der Waals surface area (Å²) in [6.45, 7) is 1.67. The fraction of sp³-hybridized carbons (Fsp3) is 0.286. The van der Waals surface area contributed by atoms with E-state index in [-0.39, 0.29) is 10.7 Å². The molecule has 1 nitrogen and oxygen atoms in total. The summed E-state index contributed by atoms with van der Waals surface area (Å²) in [5.74, 6) is 0. The molecule has 0 N–H and O–H groups in total. The second kappa shape index (κ2) is 3.83. The Morgan fingerprint density at radius 3 is 2.67 bits per heavy atom. The summed E-state index contributed by atoms with van der Waals surface area (Å²) in [7, 11) is 0. The van der Waals surface area contributed by atoms with Crippen molar-refractivity contribution < 1.29 is 8.78 Å². The van der Waals surface area contributed by atoms with Gasteiger partial charge in [0.2, 0.25) is 0 Å². The molecule has 0 unspecified atom stereocenters. The lowest BCUT2D eigenvalue weighted by atomic mass is 10.2. The zero-order chi connectivity index (χ0) is 9.30. The van der Waals surface area contributed by atoms with Gasteiger partial charge in [-0.25, -0.2) is 13.8 Å². The molecule has 12 heavy (non-hydrogen) atoms. The van der Waals surface area contributed by atoms with Crippen molar-refractivity contribution in [1.82, 2.24) is 4.98 Å². The highest BCUT2D eigenvalue weighted by Gasteiger charge is 2.15. The van der Waals surface area contributed by atoms with E-state index in [9.17, 15) is 8.78 Å². The molecule has 0 aliphatic rings. The molecule has 0 amide bonds. The summed E-state index contributed by atoms with van der Waals surface area (Å²) >= 11 is 7.47. The quantitative estimate of drug-likeness (QED) is 0.571. The minimum Gasteiger partial charge on any atom is -0.244 e. The molecule has 0 spiro atoms. The van der Waals surface area contributed by atoms with Crippen LogP contribution in [0.2, 0.25) is 5.15 Å². The Labute approximate surface area is 87.3 Å². The molecular formula is C7H5ClF2IN. The number of alkyl halides is 2. The summed E-state index contributed by atoms with van der Waals surface area (Å²) < 4.78 is 25.0. The van der Waals surface area contributed by atoms with Gasteiger partial charge < -0.3 is 0 Å². The average molecular weight is 303 g/mol. The minimum atomic E-state index is -2.49. The molecule has 1 aromatic heterocycles. The summed E-state index contributed by atoms with van der Waals surface area (Å²) in [6, 6.07) is 0. The van der Waals surface area contributed by atoms with E-state index in [2.05, 4.69) is 4.98 Å². The van der Waals surface area contributed by atoms with Crippen molar-refractivity contribution in [3.8, 4) is 0 Å². The normalized spacial score (nSPS) is 10.8. The number of rotatable bonds is 1. The van der Waals surface area contributed by atoms with Crippen LogP contribution >= 0.6 is 34.2 Å². The van der Waals surface area contributed by atoms with Crippen LogP contribution in [-0.4, -0.2) is 4.98 Å². The van der Waals surface area contributed by atoms with E-state index in [1.807, 2.05) is 22.6 Å². The third-order valence-corrected chi connectivity index (χ3v) is 3.26. The van der Waals surface area contributed by atoms with E-state index in [4.69, 9.17) is 11.6 Å². The summed E-state index contributed by atoms with van der Waals surface area (Å²) in [4.78, 5) is 3.64. The molecule has 0 saturated carbocycles. The third kappa shape index (κ3) is 1.85. The third-order valence-electron chi connectivity index (χ3n) is 1.44. The van der Waals surface area contributed by atoms with Gasteiger partial charge >= 0.3 is 0 Å². The molecule has 0 aromatic carbocycles. The number of pyridine rings is 1. The van der Waals surface area contributed by atoms with Crippen LogP contribution < -0.4 is 0 Å². The van der Waals surface area contributed by atoms with E-state index >= 15 is 0 Å². The first-order valence-corrected chi connectivity index (χ1v) is 4.58. The van der Waals surface area contributed by atoms with Gasteiger partial charge in [0.15, 0.2) is 0 Å². The smallest absolute Gasteiger partial charge is 0.244 e.